The Morgan fingerprint density at radius 3 is 2.71 bits per heavy atom. The van der Waals surface area contributed by atoms with Crippen molar-refractivity contribution < 1.29 is 0 Å². The van der Waals surface area contributed by atoms with Crippen molar-refractivity contribution >= 4 is 33.4 Å². The lowest BCUT2D eigenvalue weighted by Gasteiger charge is -2.28. The highest BCUT2D eigenvalue weighted by atomic mass is 15.2. The summed E-state index contributed by atoms with van der Waals surface area (Å²) in [5, 5.41) is 10.9. The lowest BCUT2D eigenvalue weighted by atomic mass is 10.1. The summed E-state index contributed by atoms with van der Waals surface area (Å²) in [5.41, 5.74) is 8.72. The molecule has 9 nitrogen and oxygen atoms in total. The molecule has 0 bridgehead atoms. The maximum atomic E-state index is 4.95. The van der Waals surface area contributed by atoms with Gasteiger partial charge in [-0.25, -0.2) is 9.97 Å². The minimum Gasteiger partial charge on any atom is -0.368 e. The van der Waals surface area contributed by atoms with Crippen LogP contribution >= 0.6 is 0 Å². The Morgan fingerprint density at radius 2 is 1.86 bits per heavy atom. The number of aromatic amines is 2. The first-order chi connectivity index (χ1) is 17.2. The zero-order valence-electron chi connectivity index (χ0n) is 19.7. The van der Waals surface area contributed by atoms with Crippen LogP contribution in [0.5, 0.6) is 0 Å². The van der Waals surface area contributed by atoms with Crippen molar-refractivity contribution in [2.45, 2.75) is 32.6 Å². The molecule has 1 aliphatic heterocycles. The monoisotopic (exact) mass is 465 g/mol. The molecule has 6 rings (SSSR count). The summed E-state index contributed by atoms with van der Waals surface area (Å²) in [6, 6.07) is 5.98. The zero-order chi connectivity index (χ0) is 23.8. The van der Waals surface area contributed by atoms with Crippen LogP contribution in [0.3, 0.4) is 0 Å². The molecule has 0 spiro atoms. The second-order valence-electron chi connectivity index (χ2n) is 8.90. The van der Waals surface area contributed by atoms with Crippen molar-refractivity contribution in [3.63, 3.8) is 0 Å². The zero-order valence-corrected chi connectivity index (χ0v) is 19.7. The van der Waals surface area contributed by atoms with E-state index in [1.807, 2.05) is 36.8 Å². The third kappa shape index (κ3) is 3.99. The Hall–Kier alpha value is -4.27. The van der Waals surface area contributed by atoms with Gasteiger partial charge in [0.25, 0.3) is 0 Å². The largest absolute Gasteiger partial charge is 0.368 e. The van der Waals surface area contributed by atoms with Gasteiger partial charge in [0.15, 0.2) is 11.5 Å². The van der Waals surface area contributed by atoms with Crippen LogP contribution in [0.15, 0.2) is 55.3 Å². The number of nitrogens with one attached hydrogen (secondary N) is 3. The smallest absolute Gasteiger partial charge is 0.161 e. The summed E-state index contributed by atoms with van der Waals surface area (Å²) in [4.78, 5) is 24.5. The number of aromatic nitrogens is 7. The van der Waals surface area contributed by atoms with Crippen LogP contribution < -0.4 is 10.2 Å². The molecule has 6 heterocycles. The van der Waals surface area contributed by atoms with Gasteiger partial charge in [-0.2, -0.15) is 5.10 Å². The molecule has 0 unspecified atom stereocenters. The number of imidazole rings is 1. The molecule has 5 aromatic heterocycles. The molecule has 1 aliphatic rings. The van der Waals surface area contributed by atoms with Crippen molar-refractivity contribution in [3.05, 3.63) is 55.3 Å². The number of allylic oxidation sites excluding steroid dienone is 1. The number of nitrogens with zero attached hydrogens (tertiary/aromatic N) is 6. The maximum absolute atomic E-state index is 4.95. The molecular weight excluding hydrogens is 438 g/mol. The third-order valence-corrected chi connectivity index (χ3v) is 6.49. The van der Waals surface area contributed by atoms with Crippen LogP contribution in [0.25, 0.3) is 44.8 Å². The minimum atomic E-state index is 0.676. The van der Waals surface area contributed by atoms with Gasteiger partial charge in [0.1, 0.15) is 11.0 Å². The van der Waals surface area contributed by atoms with Crippen LogP contribution in [0.1, 0.15) is 32.6 Å². The summed E-state index contributed by atoms with van der Waals surface area (Å²) < 4.78 is 0. The molecule has 5 aromatic rings. The summed E-state index contributed by atoms with van der Waals surface area (Å²) >= 11 is 0. The van der Waals surface area contributed by atoms with Gasteiger partial charge in [-0.05, 0) is 43.9 Å². The van der Waals surface area contributed by atoms with Gasteiger partial charge in [-0.1, -0.05) is 13.5 Å². The van der Waals surface area contributed by atoms with Crippen molar-refractivity contribution in [2.75, 3.05) is 23.3 Å². The quantitative estimate of drug-likeness (QED) is 0.313. The van der Waals surface area contributed by atoms with Gasteiger partial charge >= 0.3 is 0 Å². The van der Waals surface area contributed by atoms with E-state index < -0.39 is 0 Å². The normalized spacial score (nSPS) is 14.0. The Bertz CT molecular complexity index is 1520. The molecule has 1 fully saturated rings. The van der Waals surface area contributed by atoms with Crippen LogP contribution in [0, 0.1) is 0 Å². The van der Waals surface area contributed by atoms with Crippen molar-refractivity contribution in [1.82, 2.24) is 35.1 Å². The first-order valence-corrected chi connectivity index (χ1v) is 12.0. The summed E-state index contributed by atoms with van der Waals surface area (Å²) in [7, 11) is 0. The van der Waals surface area contributed by atoms with Crippen molar-refractivity contribution in [3.8, 4) is 22.8 Å². The lowest BCUT2D eigenvalue weighted by Crippen LogP contribution is -2.29. The first kappa shape index (κ1) is 21.3. The van der Waals surface area contributed by atoms with Gasteiger partial charge in [0, 0.05) is 30.5 Å². The van der Waals surface area contributed by atoms with E-state index in [1.54, 1.807) is 6.20 Å². The van der Waals surface area contributed by atoms with E-state index in [2.05, 4.69) is 48.9 Å². The molecule has 176 valence electrons. The van der Waals surface area contributed by atoms with E-state index in [0.717, 1.165) is 69.9 Å². The van der Waals surface area contributed by atoms with E-state index >= 15 is 0 Å². The standard InChI is InChI=1S/C26H27N9/c1-3-16(2)29-18-11-17(12-27-13-18)19-7-8-20-24(30-19)25(34-33-20)26-31-21-14-28-15-22(23(21)32-26)35-9-5-4-6-10-35/h7-8,11-15,29H,2-6,9-10H2,1H3,(H,31,32)(H,33,34). The topological polar surface area (TPSA) is 111 Å². The highest BCUT2D eigenvalue weighted by Gasteiger charge is 2.20. The van der Waals surface area contributed by atoms with Crippen molar-refractivity contribution in [2.24, 2.45) is 0 Å². The Labute approximate surface area is 202 Å². The van der Waals surface area contributed by atoms with Crippen LogP contribution in [0.2, 0.25) is 0 Å². The van der Waals surface area contributed by atoms with Crippen LogP contribution in [0.4, 0.5) is 11.4 Å². The molecule has 0 aromatic carbocycles. The predicted octanol–water partition coefficient (Wildman–Crippen LogP) is 5.28. The maximum Gasteiger partial charge on any atom is 0.161 e. The molecule has 1 saturated heterocycles. The van der Waals surface area contributed by atoms with Crippen LogP contribution in [-0.4, -0.2) is 48.2 Å². The number of fused-ring (bicyclic) bond motifs is 2. The van der Waals surface area contributed by atoms with Gasteiger partial charge in [0.2, 0.25) is 0 Å². The predicted molar refractivity (Wildman–Crippen MR) is 139 cm³/mol. The summed E-state index contributed by atoms with van der Waals surface area (Å²) in [5.74, 6) is 0.676. The Morgan fingerprint density at radius 1 is 1.00 bits per heavy atom. The second-order valence-corrected chi connectivity index (χ2v) is 8.90. The molecule has 0 aliphatic carbocycles. The van der Waals surface area contributed by atoms with Gasteiger partial charge in [0.05, 0.1) is 46.7 Å². The van der Waals surface area contributed by atoms with Gasteiger partial charge in [-0.15, -0.1) is 0 Å². The SMILES string of the molecule is C=C(CC)Nc1cncc(-c2ccc3[nH]nc(-c4nc5c(N6CCCCC6)cncc5[nH]4)c3n2)c1. The first-order valence-electron chi connectivity index (χ1n) is 12.0. The molecular formula is C26H27N9. The van der Waals surface area contributed by atoms with Crippen molar-refractivity contribution in [1.29, 1.82) is 0 Å². The van der Waals surface area contributed by atoms with E-state index in [4.69, 9.17) is 9.97 Å². The van der Waals surface area contributed by atoms with Crippen LogP contribution in [-0.2, 0) is 0 Å². The average Bonchev–Trinajstić information content (AvgIpc) is 3.53. The number of rotatable bonds is 6. The number of H-pyrrole nitrogens is 2. The minimum absolute atomic E-state index is 0.676. The fourth-order valence-corrected chi connectivity index (χ4v) is 4.56. The highest BCUT2D eigenvalue weighted by molar-refractivity contribution is 5.94. The second kappa shape index (κ2) is 8.83. The summed E-state index contributed by atoms with van der Waals surface area (Å²) in [6.45, 7) is 8.15. The molecule has 0 radical (unpaired) electrons. The van der Waals surface area contributed by atoms with Gasteiger partial charge in [-0.3, -0.25) is 15.1 Å². The lowest BCUT2D eigenvalue weighted by molar-refractivity contribution is 0.578. The van der Waals surface area contributed by atoms with E-state index in [-0.39, 0.29) is 0 Å². The molecule has 0 saturated carbocycles. The van der Waals surface area contributed by atoms with E-state index in [0.29, 0.717) is 11.5 Å². The molecule has 0 atom stereocenters. The summed E-state index contributed by atoms with van der Waals surface area (Å²) in [6.07, 6.45) is 11.9. The van der Waals surface area contributed by atoms with Gasteiger partial charge < -0.3 is 15.2 Å². The van der Waals surface area contributed by atoms with E-state index in [1.165, 1.54) is 19.3 Å². The number of anilines is 2. The molecule has 9 heteroatoms. The third-order valence-electron chi connectivity index (χ3n) is 6.49. The number of hydrogen-bond donors (Lipinski definition) is 3. The fourth-order valence-electron chi connectivity index (χ4n) is 4.56. The highest BCUT2D eigenvalue weighted by Crippen LogP contribution is 2.31. The average molecular weight is 466 g/mol. The Balaban J connectivity index is 1.39. The van der Waals surface area contributed by atoms with E-state index in [9.17, 15) is 0 Å². The molecule has 3 N–H and O–H groups in total. The molecule has 35 heavy (non-hydrogen) atoms. The number of hydrogen-bond acceptors (Lipinski definition) is 7. The number of piperidine rings is 1. The fraction of sp³-hybridized carbons (Fsp3) is 0.269. The number of pyridine rings is 3. The Kier molecular flexibility index (Phi) is 5.36. The molecule has 0 amide bonds.